The third-order valence-electron chi connectivity index (χ3n) is 5.19. The van der Waals surface area contributed by atoms with Gasteiger partial charge in [0, 0.05) is 25.3 Å². The highest BCUT2D eigenvalue weighted by Gasteiger charge is 2.34. The molecule has 0 aromatic heterocycles. The zero-order valence-corrected chi connectivity index (χ0v) is 15.8. The maximum atomic E-state index is 12.5. The molecule has 3 aromatic rings. The molecule has 0 saturated carbocycles. The van der Waals surface area contributed by atoms with Crippen LogP contribution in [-0.2, 0) is 0 Å². The van der Waals surface area contributed by atoms with Crippen LogP contribution in [0.15, 0.2) is 78.9 Å². The minimum Gasteiger partial charge on any atom is -0.370 e. The molecule has 1 aliphatic rings. The van der Waals surface area contributed by atoms with E-state index in [1.807, 2.05) is 18.2 Å². The maximum absolute atomic E-state index is 12.5. The molecule has 0 saturated heterocycles. The molecule has 0 aliphatic carbocycles. The number of carbonyl (C=O) groups excluding carboxylic acids is 2. The second-order valence-electron chi connectivity index (χ2n) is 6.80. The van der Waals surface area contributed by atoms with Crippen LogP contribution >= 0.6 is 0 Å². The molecule has 0 unspecified atom stereocenters. The van der Waals surface area contributed by atoms with E-state index in [0.29, 0.717) is 24.2 Å². The fourth-order valence-electron chi connectivity index (χ4n) is 3.63. The zero-order valence-electron chi connectivity index (χ0n) is 15.8. The van der Waals surface area contributed by atoms with Gasteiger partial charge >= 0.3 is 0 Å². The molecule has 0 radical (unpaired) electrons. The second kappa shape index (κ2) is 7.69. The lowest BCUT2D eigenvalue weighted by Crippen LogP contribution is -2.38. The van der Waals surface area contributed by atoms with Crippen molar-refractivity contribution in [2.45, 2.75) is 6.92 Å². The number of carbonyl (C=O) groups is 2. The molecule has 1 heterocycles. The van der Waals surface area contributed by atoms with E-state index in [1.54, 1.807) is 24.3 Å². The number of nitrogens with zero attached hydrogens (tertiary/aromatic N) is 2. The van der Waals surface area contributed by atoms with Gasteiger partial charge in [0.1, 0.15) is 0 Å². The number of amides is 2. The molecule has 0 spiro atoms. The van der Waals surface area contributed by atoms with Crippen molar-refractivity contribution in [1.29, 1.82) is 0 Å². The van der Waals surface area contributed by atoms with E-state index < -0.39 is 0 Å². The molecule has 4 rings (SSSR count). The van der Waals surface area contributed by atoms with Crippen LogP contribution in [0.5, 0.6) is 0 Å². The third kappa shape index (κ3) is 3.29. The van der Waals surface area contributed by atoms with Crippen LogP contribution in [0.25, 0.3) is 11.1 Å². The normalized spacial score (nSPS) is 13.0. The van der Waals surface area contributed by atoms with Crippen molar-refractivity contribution < 1.29 is 9.59 Å². The predicted molar refractivity (Wildman–Crippen MR) is 112 cm³/mol. The summed E-state index contributed by atoms with van der Waals surface area (Å²) in [5.74, 6) is -0.396. The summed E-state index contributed by atoms with van der Waals surface area (Å²) in [6.07, 6.45) is 0. The molecule has 4 nitrogen and oxygen atoms in total. The first-order chi connectivity index (χ1) is 13.7. The summed E-state index contributed by atoms with van der Waals surface area (Å²) in [7, 11) is 0. The van der Waals surface area contributed by atoms with Crippen molar-refractivity contribution in [2.75, 3.05) is 24.5 Å². The van der Waals surface area contributed by atoms with Gasteiger partial charge in [-0.15, -0.1) is 0 Å². The van der Waals surface area contributed by atoms with Crippen LogP contribution in [-0.4, -0.2) is 36.3 Å². The van der Waals surface area contributed by atoms with Gasteiger partial charge in [0.15, 0.2) is 0 Å². The first-order valence-corrected chi connectivity index (χ1v) is 9.54. The van der Waals surface area contributed by atoms with Gasteiger partial charge in [-0.1, -0.05) is 54.6 Å². The Kier molecular flexibility index (Phi) is 4.94. The number of likely N-dealkylation sites (N-methyl/N-ethyl adjacent to an activating group) is 1. The minimum absolute atomic E-state index is 0.198. The monoisotopic (exact) mass is 370 g/mol. The van der Waals surface area contributed by atoms with Gasteiger partial charge in [-0.2, -0.15) is 0 Å². The summed E-state index contributed by atoms with van der Waals surface area (Å²) in [5.41, 5.74) is 4.44. The predicted octanol–water partition coefficient (Wildman–Crippen LogP) is 4.48. The fourth-order valence-corrected chi connectivity index (χ4v) is 3.63. The molecular formula is C24H22N2O2. The standard InChI is InChI=1S/C24H22N2O2/c1-2-25(20-14-12-19(13-15-20)18-8-4-3-5-9-18)16-17-26-23(27)21-10-6-7-11-22(21)24(26)28/h3-15H,2,16-17H2,1H3. The van der Waals surface area contributed by atoms with Crippen LogP contribution < -0.4 is 4.90 Å². The van der Waals surface area contributed by atoms with E-state index in [2.05, 4.69) is 48.2 Å². The highest BCUT2D eigenvalue weighted by Crippen LogP contribution is 2.25. The third-order valence-corrected chi connectivity index (χ3v) is 5.19. The molecule has 1 aliphatic heterocycles. The topological polar surface area (TPSA) is 40.6 Å². The second-order valence-corrected chi connectivity index (χ2v) is 6.80. The summed E-state index contributed by atoms with van der Waals surface area (Å²) >= 11 is 0. The highest BCUT2D eigenvalue weighted by molar-refractivity contribution is 6.21. The summed E-state index contributed by atoms with van der Waals surface area (Å²) in [6.45, 7) is 3.86. The first kappa shape index (κ1) is 18.0. The Labute approximate surface area is 165 Å². The van der Waals surface area contributed by atoms with Gasteiger partial charge in [-0.05, 0) is 42.3 Å². The van der Waals surface area contributed by atoms with Crippen molar-refractivity contribution >= 4 is 17.5 Å². The molecule has 0 fully saturated rings. The highest BCUT2D eigenvalue weighted by atomic mass is 16.2. The van der Waals surface area contributed by atoms with Crippen LogP contribution in [0.3, 0.4) is 0 Å². The molecule has 3 aromatic carbocycles. The van der Waals surface area contributed by atoms with Gasteiger partial charge in [0.05, 0.1) is 11.1 Å². The molecule has 0 bridgehead atoms. The molecule has 0 atom stereocenters. The van der Waals surface area contributed by atoms with Crippen molar-refractivity contribution in [3.05, 3.63) is 90.0 Å². The Hall–Kier alpha value is -3.40. The Morgan fingerprint density at radius 3 is 1.82 bits per heavy atom. The van der Waals surface area contributed by atoms with Crippen molar-refractivity contribution in [1.82, 2.24) is 4.90 Å². The number of hydrogen-bond donors (Lipinski definition) is 0. The molecule has 2 amide bonds. The van der Waals surface area contributed by atoms with Gasteiger partial charge in [0.25, 0.3) is 11.8 Å². The molecular weight excluding hydrogens is 348 g/mol. The lowest BCUT2D eigenvalue weighted by molar-refractivity contribution is 0.0658. The minimum atomic E-state index is -0.198. The average molecular weight is 370 g/mol. The van der Waals surface area contributed by atoms with Crippen LogP contribution in [0.4, 0.5) is 5.69 Å². The number of hydrogen-bond acceptors (Lipinski definition) is 3. The first-order valence-electron chi connectivity index (χ1n) is 9.54. The van der Waals surface area contributed by atoms with Crippen LogP contribution in [0.1, 0.15) is 27.6 Å². The van der Waals surface area contributed by atoms with Gasteiger partial charge < -0.3 is 4.90 Å². The van der Waals surface area contributed by atoms with Gasteiger partial charge in [-0.3, -0.25) is 14.5 Å². The van der Waals surface area contributed by atoms with E-state index in [9.17, 15) is 9.59 Å². The summed E-state index contributed by atoms with van der Waals surface area (Å²) in [6, 6.07) is 25.7. The Morgan fingerprint density at radius 1 is 0.714 bits per heavy atom. The van der Waals surface area contributed by atoms with Crippen LogP contribution in [0.2, 0.25) is 0 Å². The largest absolute Gasteiger partial charge is 0.370 e. The summed E-state index contributed by atoms with van der Waals surface area (Å²) < 4.78 is 0. The van der Waals surface area contributed by atoms with Crippen LogP contribution in [0, 0.1) is 0 Å². The van der Waals surface area contributed by atoms with Crippen molar-refractivity contribution in [2.24, 2.45) is 0 Å². The number of benzene rings is 3. The van der Waals surface area contributed by atoms with Crippen molar-refractivity contribution in [3.63, 3.8) is 0 Å². The molecule has 4 heteroatoms. The number of fused-ring (bicyclic) bond motifs is 1. The number of anilines is 1. The van der Waals surface area contributed by atoms with E-state index in [1.165, 1.54) is 16.0 Å². The maximum Gasteiger partial charge on any atom is 0.261 e. The molecule has 140 valence electrons. The van der Waals surface area contributed by atoms with E-state index in [4.69, 9.17) is 0 Å². The van der Waals surface area contributed by atoms with Gasteiger partial charge in [0.2, 0.25) is 0 Å². The smallest absolute Gasteiger partial charge is 0.261 e. The summed E-state index contributed by atoms with van der Waals surface area (Å²) in [4.78, 5) is 28.6. The Morgan fingerprint density at radius 2 is 1.25 bits per heavy atom. The lowest BCUT2D eigenvalue weighted by Gasteiger charge is -2.25. The summed E-state index contributed by atoms with van der Waals surface area (Å²) in [5, 5.41) is 0. The fraction of sp³-hybridized carbons (Fsp3) is 0.167. The van der Waals surface area contributed by atoms with E-state index in [0.717, 1.165) is 12.2 Å². The number of imide groups is 1. The van der Waals surface area contributed by atoms with Gasteiger partial charge in [-0.25, -0.2) is 0 Å². The Bertz CT molecular complexity index is 962. The average Bonchev–Trinajstić information content (AvgIpc) is 3.00. The lowest BCUT2D eigenvalue weighted by atomic mass is 10.1. The van der Waals surface area contributed by atoms with E-state index >= 15 is 0 Å². The quantitative estimate of drug-likeness (QED) is 0.601. The SMILES string of the molecule is CCN(CCN1C(=O)c2ccccc2C1=O)c1ccc(-c2ccccc2)cc1. The van der Waals surface area contributed by atoms with E-state index in [-0.39, 0.29) is 11.8 Å². The zero-order chi connectivity index (χ0) is 19.5. The molecule has 28 heavy (non-hydrogen) atoms. The molecule has 0 N–H and O–H groups in total. The number of rotatable bonds is 6. The van der Waals surface area contributed by atoms with Crippen molar-refractivity contribution in [3.8, 4) is 11.1 Å². The Balaban J connectivity index is 1.46.